The molecule has 2 saturated heterocycles. The van der Waals surface area contributed by atoms with Crippen molar-refractivity contribution in [2.24, 2.45) is 0 Å². The third kappa shape index (κ3) is 5.19. The van der Waals surface area contributed by atoms with Crippen LogP contribution in [-0.4, -0.2) is 82.7 Å². The quantitative estimate of drug-likeness (QED) is 0.618. The summed E-state index contributed by atoms with van der Waals surface area (Å²) in [7, 11) is 0. The van der Waals surface area contributed by atoms with Crippen LogP contribution in [0.2, 0.25) is 10.0 Å². The fourth-order valence-electron chi connectivity index (χ4n) is 5.69. The van der Waals surface area contributed by atoms with Gasteiger partial charge < -0.3 is 19.8 Å². The van der Waals surface area contributed by atoms with Gasteiger partial charge in [0, 0.05) is 51.4 Å². The Morgan fingerprint density at radius 3 is 2.53 bits per heavy atom. The van der Waals surface area contributed by atoms with Crippen LogP contribution in [0.4, 0.5) is 10.2 Å². The topological polar surface area (TPSA) is 72.8 Å². The number of piperazine rings is 1. The van der Waals surface area contributed by atoms with Crippen LogP contribution in [0.15, 0.2) is 24.5 Å². The summed E-state index contributed by atoms with van der Waals surface area (Å²) in [5.74, 6) is 0.557. The summed E-state index contributed by atoms with van der Waals surface area (Å²) in [5, 5.41) is 10.8. The van der Waals surface area contributed by atoms with E-state index in [-0.39, 0.29) is 23.8 Å². The molecule has 3 atom stereocenters. The molecule has 0 bridgehead atoms. The molecule has 1 unspecified atom stereocenters. The van der Waals surface area contributed by atoms with Crippen molar-refractivity contribution in [1.29, 1.82) is 0 Å². The molecular formula is C26H32Cl2FN5O2. The average Bonchev–Trinajstić information content (AvgIpc) is 3.18. The van der Waals surface area contributed by atoms with Gasteiger partial charge in [0.2, 0.25) is 5.91 Å². The Kier molecular flexibility index (Phi) is 7.67. The fraction of sp³-hybridized carbons (Fsp3) is 0.577. The summed E-state index contributed by atoms with van der Waals surface area (Å²) in [6.07, 6.45) is 2.00. The largest absolute Gasteiger partial charge is 0.393 e. The molecule has 1 amide bonds. The molecule has 0 saturated carbocycles. The standard InChI is InChI=1S/C26H32Cl2FN5O2/c1-16-12-22(29)24-23(16)25(31-15-30-24)33-8-10-34(11-9-33)26(36)19(14-32-6-4-18(35)5-7-32)17-2-3-20(27)21(28)13-17/h2-3,13,15-16,18-19,22,35H,4-12,14H2,1H3/t16-,19+,22?/m1/s1. The number of amides is 1. The zero-order valence-corrected chi connectivity index (χ0v) is 21.9. The minimum Gasteiger partial charge on any atom is -0.393 e. The maximum Gasteiger partial charge on any atom is 0.231 e. The fourth-order valence-corrected chi connectivity index (χ4v) is 5.99. The highest BCUT2D eigenvalue weighted by Crippen LogP contribution is 2.44. The summed E-state index contributed by atoms with van der Waals surface area (Å²) in [4.78, 5) is 28.8. The SMILES string of the molecule is C[C@@H]1CC(F)c2ncnc(N3CCN(C(=O)[C@@H](CN4CCC(O)CC4)c4ccc(Cl)c(Cl)c4)CC3)c21. The molecular weight excluding hydrogens is 504 g/mol. The Bertz CT molecular complexity index is 1110. The van der Waals surface area contributed by atoms with Crippen molar-refractivity contribution >= 4 is 34.9 Å². The first-order valence-electron chi connectivity index (χ1n) is 12.7. The number of nitrogens with zero attached hydrogens (tertiary/aromatic N) is 5. The number of halogens is 3. The molecule has 7 nitrogen and oxygen atoms in total. The molecule has 0 radical (unpaired) electrons. The molecule has 10 heteroatoms. The number of aliphatic hydroxyl groups excluding tert-OH is 1. The first-order valence-corrected chi connectivity index (χ1v) is 13.5. The Morgan fingerprint density at radius 2 is 1.83 bits per heavy atom. The molecule has 2 aliphatic heterocycles. The number of likely N-dealkylation sites (tertiary alicyclic amines) is 1. The Morgan fingerprint density at radius 1 is 1.11 bits per heavy atom. The van der Waals surface area contributed by atoms with Gasteiger partial charge in [0.1, 0.15) is 18.3 Å². The zero-order chi connectivity index (χ0) is 25.4. The second-order valence-corrected chi connectivity index (χ2v) is 11.0. The molecule has 2 fully saturated rings. The molecule has 1 aromatic heterocycles. The van der Waals surface area contributed by atoms with Crippen LogP contribution in [0.5, 0.6) is 0 Å². The van der Waals surface area contributed by atoms with Crippen molar-refractivity contribution in [3.8, 4) is 0 Å². The normalized spacial score (nSPS) is 24.1. The van der Waals surface area contributed by atoms with E-state index in [1.165, 1.54) is 6.33 Å². The molecule has 36 heavy (non-hydrogen) atoms. The van der Waals surface area contributed by atoms with Gasteiger partial charge in [-0.2, -0.15) is 0 Å². The van der Waals surface area contributed by atoms with Gasteiger partial charge in [0.25, 0.3) is 0 Å². The number of aromatic nitrogens is 2. The highest BCUT2D eigenvalue weighted by atomic mass is 35.5. The molecule has 1 aliphatic carbocycles. The second kappa shape index (κ2) is 10.8. The molecule has 1 aromatic carbocycles. The Balaban J connectivity index is 1.31. The van der Waals surface area contributed by atoms with Crippen molar-refractivity contribution in [2.45, 2.75) is 50.3 Å². The van der Waals surface area contributed by atoms with Gasteiger partial charge in [0.05, 0.1) is 27.8 Å². The van der Waals surface area contributed by atoms with E-state index in [4.69, 9.17) is 23.2 Å². The molecule has 5 rings (SSSR count). The van der Waals surface area contributed by atoms with E-state index in [0.29, 0.717) is 67.7 Å². The number of anilines is 1. The number of fused-ring (bicyclic) bond motifs is 1. The van der Waals surface area contributed by atoms with Gasteiger partial charge in [-0.05, 0) is 42.9 Å². The molecule has 1 N–H and O–H groups in total. The monoisotopic (exact) mass is 535 g/mol. The zero-order valence-electron chi connectivity index (χ0n) is 20.4. The van der Waals surface area contributed by atoms with E-state index >= 15 is 0 Å². The van der Waals surface area contributed by atoms with Gasteiger partial charge in [-0.25, -0.2) is 14.4 Å². The van der Waals surface area contributed by atoms with E-state index in [1.807, 2.05) is 17.9 Å². The number of aliphatic hydroxyl groups is 1. The third-order valence-corrected chi connectivity index (χ3v) is 8.52. The molecule has 3 aliphatic rings. The lowest BCUT2D eigenvalue weighted by atomic mass is 9.95. The van der Waals surface area contributed by atoms with Crippen LogP contribution in [0, 0.1) is 0 Å². The Labute approximate surface area is 221 Å². The van der Waals surface area contributed by atoms with Gasteiger partial charge in [-0.1, -0.05) is 36.2 Å². The van der Waals surface area contributed by atoms with Gasteiger partial charge in [-0.3, -0.25) is 4.79 Å². The van der Waals surface area contributed by atoms with E-state index in [9.17, 15) is 14.3 Å². The third-order valence-electron chi connectivity index (χ3n) is 7.78. The van der Waals surface area contributed by atoms with Crippen molar-refractivity contribution in [2.75, 3.05) is 50.7 Å². The second-order valence-electron chi connectivity index (χ2n) is 10.2. The van der Waals surface area contributed by atoms with Crippen LogP contribution < -0.4 is 4.90 Å². The number of hydrogen-bond acceptors (Lipinski definition) is 6. The van der Waals surface area contributed by atoms with Gasteiger partial charge >= 0.3 is 0 Å². The summed E-state index contributed by atoms with van der Waals surface area (Å²) in [6, 6.07) is 5.41. The van der Waals surface area contributed by atoms with E-state index < -0.39 is 6.17 Å². The highest BCUT2D eigenvalue weighted by Gasteiger charge is 2.36. The average molecular weight is 536 g/mol. The van der Waals surface area contributed by atoms with Crippen molar-refractivity contribution in [1.82, 2.24) is 19.8 Å². The van der Waals surface area contributed by atoms with Crippen LogP contribution in [0.3, 0.4) is 0 Å². The summed E-state index contributed by atoms with van der Waals surface area (Å²) >= 11 is 12.5. The summed E-state index contributed by atoms with van der Waals surface area (Å²) in [5.41, 5.74) is 2.27. The maximum atomic E-state index is 14.4. The molecule has 2 aromatic rings. The number of alkyl halides is 1. The number of carbonyl (C=O) groups excluding carboxylic acids is 1. The van der Waals surface area contributed by atoms with Crippen LogP contribution in [0.25, 0.3) is 0 Å². The number of rotatable bonds is 5. The van der Waals surface area contributed by atoms with E-state index in [1.54, 1.807) is 12.1 Å². The number of piperidine rings is 1. The molecule has 3 heterocycles. The summed E-state index contributed by atoms with van der Waals surface area (Å²) in [6.45, 7) is 6.47. The van der Waals surface area contributed by atoms with E-state index in [0.717, 1.165) is 30.0 Å². The predicted octanol–water partition coefficient (Wildman–Crippen LogP) is 4.19. The van der Waals surface area contributed by atoms with Crippen molar-refractivity contribution in [3.05, 3.63) is 51.4 Å². The first-order chi connectivity index (χ1) is 17.3. The lowest BCUT2D eigenvalue weighted by molar-refractivity contribution is -0.133. The maximum absolute atomic E-state index is 14.4. The van der Waals surface area contributed by atoms with E-state index in [2.05, 4.69) is 19.8 Å². The lowest BCUT2D eigenvalue weighted by Crippen LogP contribution is -2.52. The highest BCUT2D eigenvalue weighted by molar-refractivity contribution is 6.42. The number of hydrogen-bond donors (Lipinski definition) is 1. The minimum absolute atomic E-state index is 0.0595. The predicted molar refractivity (Wildman–Crippen MR) is 139 cm³/mol. The van der Waals surface area contributed by atoms with Crippen molar-refractivity contribution < 1.29 is 14.3 Å². The molecule has 194 valence electrons. The van der Waals surface area contributed by atoms with Gasteiger partial charge in [0.15, 0.2) is 0 Å². The van der Waals surface area contributed by atoms with Gasteiger partial charge in [-0.15, -0.1) is 0 Å². The Hall–Kier alpha value is -2.00. The van der Waals surface area contributed by atoms with Crippen molar-refractivity contribution in [3.63, 3.8) is 0 Å². The van der Waals surface area contributed by atoms with Crippen LogP contribution >= 0.6 is 23.2 Å². The number of benzene rings is 1. The lowest BCUT2D eigenvalue weighted by Gasteiger charge is -2.39. The summed E-state index contributed by atoms with van der Waals surface area (Å²) < 4.78 is 14.4. The van der Waals surface area contributed by atoms with Crippen LogP contribution in [0.1, 0.15) is 61.0 Å². The number of carbonyl (C=O) groups is 1. The van der Waals surface area contributed by atoms with Crippen LogP contribution in [-0.2, 0) is 4.79 Å². The first kappa shape index (κ1) is 25.6. The smallest absolute Gasteiger partial charge is 0.231 e. The minimum atomic E-state index is -1.04. The molecule has 0 spiro atoms.